The van der Waals surface area contributed by atoms with Gasteiger partial charge >= 0.3 is 0 Å². The number of rotatable bonds is 4. The van der Waals surface area contributed by atoms with Crippen molar-refractivity contribution in [3.8, 4) is 11.4 Å². The first-order valence-corrected chi connectivity index (χ1v) is 9.79. The number of aryl methyl sites for hydroxylation is 1. The van der Waals surface area contributed by atoms with Crippen molar-refractivity contribution in [1.82, 2.24) is 15.0 Å². The van der Waals surface area contributed by atoms with Gasteiger partial charge in [-0.1, -0.05) is 13.8 Å². The Balaban J connectivity index is 1.95. The first kappa shape index (κ1) is 17.0. The molecule has 2 aromatic heterocycles. The molecule has 1 aliphatic heterocycles. The number of hydrogen-bond donors (Lipinski definition) is 0. The molecule has 0 spiro atoms. The zero-order valence-electron chi connectivity index (χ0n) is 14.5. The summed E-state index contributed by atoms with van der Waals surface area (Å²) in [4.78, 5) is 15.7. The summed E-state index contributed by atoms with van der Waals surface area (Å²) in [5.74, 6) is 2.32. The van der Waals surface area contributed by atoms with Crippen molar-refractivity contribution in [2.45, 2.75) is 38.4 Å². The minimum absolute atomic E-state index is 0.133. The fourth-order valence-corrected chi connectivity index (χ4v) is 5.00. The van der Waals surface area contributed by atoms with Crippen molar-refractivity contribution in [2.75, 3.05) is 23.7 Å². The van der Waals surface area contributed by atoms with Crippen molar-refractivity contribution >= 4 is 16.6 Å². The van der Waals surface area contributed by atoms with Crippen LogP contribution in [0.25, 0.3) is 11.4 Å². The molecular formula is C18H24N4OS. The molecule has 2 aromatic rings. The Hall–Kier alpha value is -1.82. The number of aromatic nitrogens is 3. The van der Waals surface area contributed by atoms with Gasteiger partial charge in [0.05, 0.1) is 4.75 Å². The lowest BCUT2D eigenvalue weighted by molar-refractivity contribution is 0.494. The van der Waals surface area contributed by atoms with Crippen LogP contribution in [0.5, 0.6) is 0 Å². The van der Waals surface area contributed by atoms with Crippen LogP contribution in [0, 0.1) is 6.92 Å². The van der Waals surface area contributed by atoms with Gasteiger partial charge in [0.25, 0.3) is 0 Å². The highest BCUT2D eigenvalue weighted by atomic mass is 32.2. The lowest BCUT2D eigenvalue weighted by Gasteiger charge is -2.41. The third-order valence-electron chi connectivity index (χ3n) is 4.88. The van der Waals surface area contributed by atoms with Crippen molar-refractivity contribution in [3.63, 3.8) is 0 Å². The predicted octanol–water partition coefficient (Wildman–Crippen LogP) is 2.97. The van der Waals surface area contributed by atoms with Gasteiger partial charge in [-0.25, -0.2) is 9.97 Å². The molecular weight excluding hydrogens is 320 g/mol. The molecule has 0 radical (unpaired) electrons. The maximum absolute atomic E-state index is 12.6. The summed E-state index contributed by atoms with van der Waals surface area (Å²) in [7, 11) is -0.773. The second-order valence-corrected chi connectivity index (χ2v) is 8.26. The zero-order chi connectivity index (χ0) is 17.2. The molecule has 6 heteroatoms. The molecule has 1 atom stereocenters. The molecule has 3 rings (SSSR count). The number of nitrogens with zero attached hydrogens (tertiary/aromatic N) is 4. The van der Waals surface area contributed by atoms with Gasteiger partial charge in [0, 0.05) is 59.4 Å². The second kappa shape index (κ2) is 6.97. The van der Waals surface area contributed by atoms with Gasteiger partial charge in [-0.3, -0.25) is 9.19 Å². The van der Waals surface area contributed by atoms with E-state index in [1.54, 1.807) is 12.4 Å². The molecule has 0 aliphatic carbocycles. The van der Waals surface area contributed by atoms with Crippen LogP contribution in [0.1, 0.15) is 32.4 Å². The first-order chi connectivity index (χ1) is 11.6. The molecule has 3 heterocycles. The molecule has 24 heavy (non-hydrogen) atoms. The largest absolute Gasteiger partial charge is 0.354 e. The Morgan fingerprint density at radius 1 is 1.29 bits per heavy atom. The standard InChI is InChI=1S/C18H24N4OS/c1-4-18(5-2)13-22(9-10-24(18)23)16-11-14(3)20-17(21-16)15-7-6-8-19-12-15/h6-8,11-12H,4-5,9-10,13H2,1-3H3. The van der Waals surface area contributed by atoms with Crippen molar-refractivity contribution < 1.29 is 4.21 Å². The summed E-state index contributed by atoms with van der Waals surface area (Å²) >= 11 is 0. The van der Waals surface area contributed by atoms with Gasteiger partial charge in [-0.05, 0) is 31.9 Å². The Morgan fingerprint density at radius 2 is 2.08 bits per heavy atom. The van der Waals surface area contributed by atoms with Crippen molar-refractivity contribution in [2.24, 2.45) is 0 Å². The van der Waals surface area contributed by atoms with Crippen LogP contribution in [0.3, 0.4) is 0 Å². The van der Waals surface area contributed by atoms with Crippen molar-refractivity contribution in [3.05, 3.63) is 36.3 Å². The van der Waals surface area contributed by atoms with Crippen LogP contribution in [0.2, 0.25) is 0 Å². The molecule has 1 saturated heterocycles. The van der Waals surface area contributed by atoms with E-state index in [0.29, 0.717) is 11.6 Å². The van der Waals surface area contributed by atoms with E-state index >= 15 is 0 Å². The number of pyridine rings is 1. The van der Waals surface area contributed by atoms with E-state index in [2.05, 4.69) is 28.7 Å². The maximum Gasteiger partial charge on any atom is 0.163 e. The number of anilines is 1. The Labute approximate surface area is 146 Å². The van der Waals surface area contributed by atoms with Gasteiger partial charge in [0.15, 0.2) is 5.82 Å². The summed E-state index contributed by atoms with van der Waals surface area (Å²) < 4.78 is 12.4. The smallest absolute Gasteiger partial charge is 0.163 e. The molecule has 1 fully saturated rings. The quantitative estimate of drug-likeness (QED) is 0.853. The molecule has 5 nitrogen and oxygen atoms in total. The van der Waals surface area contributed by atoms with Gasteiger partial charge in [-0.2, -0.15) is 0 Å². The Kier molecular flexibility index (Phi) is 4.94. The average molecular weight is 344 g/mol. The molecule has 1 unspecified atom stereocenters. The molecule has 1 aliphatic rings. The molecule has 0 N–H and O–H groups in total. The molecule has 128 valence electrons. The van der Waals surface area contributed by atoms with Gasteiger partial charge < -0.3 is 4.90 Å². The van der Waals surface area contributed by atoms with E-state index in [-0.39, 0.29) is 4.75 Å². The van der Waals surface area contributed by atoms with Crippen LogP contribution in [-0.2, 0) is 10.8 Å². The monoisotopic (exact) mass is 344 g/mol. The summed E-state index contributed by atoms with van der Waals surface area (Å²) in [6.07, 6.45) is 5.38. The third-order valence-corrected chi connectivity index (χ3v) is 7.11. The third kappa shape index (κ3) is 3.20. The maximum atomic E-state index is 12.6. The summed E-state index contributed by atoms with van der Waals surface area (Å²) in [6, 6.07) is 5.88. The number of hydrogen-bond acceptors (Lipinski definition) is 5. The normalized spacial score (nSPS) is 20.1. The van der Waals surface area contributed by atoms with E-state index in [1.807, 2.05) is 25.1 Å². The fraction of sp³-hybridized carbons (Fsp3) is 0.500. The Bertz CT molecular complexity index is 731. The fourth-order valence-electron chi connectivity index (χ4n) is 3.24. The van der Waals surface area contributed by atoms with Crippen LogP contribution in [0.15, 0.2) is 30.6 Å². The van der Waals surface area contributed by atoms with E-state index in [9.17, 15) is 4.21 Å². The van der Waals surface area contributed by atoms with Crippen LogP contribution in [-0.4, -0.2) is 42.8 Å². The topological polar surface area (TPSA) is 59.0 Å². The summed E-state index contributed by atoms with van der Waals surface area (Å²) in [6.45, 7) is 7.82. The van der Waals surface area contributed by atoms with Gasteiger partial charge in [0.2, 0.25) is 0 Å². The minimum Gasteiger partial charge on any atom is -0.354 e. The highest BCUT2D eigenvalue weighted by Gasteiger charge is 2.39. The van der Waals surface area contributed by atoms with Gasteiger partial charge in [-0.15, -0.1) is 0 Å². The summed E-state index contributed by atoms with van der Waals surface area (Å²) in [5.41, 5.74) is 1.85. The molecule has 0 amide bonds. The molecule has 0 aromatic carbocycles. The van der Waals surface area contributed by atoms with Crippen LogP contribution in [0.4, 0.5) is 5.82 Å². The highest BCUT2D eigenvalue weighted by Crippen LogP contribution is 2.31. The van der Waals surface area contributed by atoms with Gasteiger partial charge in [0.1, 0.15) is 5.82 Å². The molecule has 0 bridgehead atoms. The van der Waals surface area contributed by atoms with Crippen molar-refractivity contribution in [1.29, 1.82) is 0 Å². The second-order valence-electron chi connectivity index (χ2n) is 6.29. The van der Waals surface area contributed by atoms with Crippen LogP contribution >= 0.6 is 0 Å². The highest BCUT2D eigenvalue weighted by molar-refractivity contribution is 7.86. The first-order valence-electron chi connectivity index (χ1n) is 8.47. The molecule has 0 saturated carbocycles. The van der Waals surface area contributed by atoms with Crippen LogP contribution < -0.4 is 4.90 Å². The van der Waals surface area contributed by atoms with E-state index in [4.69, 9.17) is 4.98 Å². The minimum atomic E-state index is -0.773. The lowest BCUT2D eigenvalue weighted by atomic mass is 10.0. The van der Waals surface area contributed by atoms with E-state index in [0.717, 1.165) is 43.0 Å². The van der Waals surface area contributed by atoms with E-state index < -0.39 is 10.8 Å². The summed E-state index contributed by atoms with van der Waals surface area (Å²) in [5, 5.41) is 0. The Morgan fingerprint density at radius 3 is 2.75 bits per heavy atom. The SMILES string of the molecule is CCC1(CC)CN(c2cc(C)nc(-c3cccnc3)n2)CCS1=O. The lowest BCUT2D eigenvalue weighted by Crippen LogP contribution is -2.53. The zero-order valence-corrected chi connectivity index (χ0v) is 15.3. The average Bonchev–Trinajstić information content (AvgIpc) is 2.62. The predicted molar refractivity (Wildman–Crippen MR) is 98.5 cm³/mol. The van der Waals surface area contributed by atoms with E-state index in [1.165, 1.54) is 0 Å².